The molecule has 1 atom stereocenters. The molecular formula is C19H27N3O4S. The lowest BCUT2D eigenvalue weighted by Gasteiger charge is -2.31. The third-order valence-electron chi connectivity index (χ3n) is 5.17. The van der Waals surface area contributed by atoms with Crippen LogP contribution in [0.4, 0.5) is 4.79 Å². The summed E-state index contributed by atoms with van der Waals surface area (Å²) in [6, 6.07) is 7.24. The number of carbonyl (C=O) groups is 1. The van der Waals surface area contributed by atoms with E-state index in [4.69, 9.17) is 4.42 Å². The maximum Gasteiger partial charge on any atom is 0.315 e. The van der Waals surface area contributed by atoms with E-state index in [0.29, 0.717) is 25.9 Å². The van der Waals surface area contributed by atoms with Crippen LogP contribution in [-0.4, -0.2) is 43.6 Å². The van der Waals surface area contributed by atoms with Crippen LogP contribution in [0, 0.1) is 6.92 Å². The molecule has 2 heterocycles. The van der Waals surface area contributed by atoms with E-state index >= 15 is 0 Å². The topological polar surface area (TPSA) is 91.7 Å². The van der Waals surface area contributed by atoms with Gasteiger partial charge in [-0.25, -0.2) is 17.5 Å². The molecule has 0 bridgehead atoms. The molecule has 1 aromatic heterocycles. The Labute approximate surface area is 160 Å². The molecule has 3 rings (SSSR count). The molecule has 1 unspecified atom stereocenters. The van der Waals surface area contributed by atoms with Gasteiger partial charge in [-0.1, -0.05) is 18.2 Å². The van der Waals surface area contributed by atoms with Crippen molar-refractivity contribution in [2.24, 2.45) is 0 Å². The first-order valence-electron chi connectivity index (χ1n) is 9.34. The fourth-order valence-electron chi connectivity index (χ4n) is 3.56. The van der Waals surface area contributed by atoms with Crippen molar-refractivity contribution >= 4 is 27.0 Å². The molecule has 1 saturated heterocycles. The normalized spacial score (nSPS) is 17.7. The number of fused-ring (bicyclic) bond motifs is 1. The van der Waals surface area contributed by atoms with E-state index in [1.54, 1.807) is 6.92 Å². The number of rotatable bonds is 5. The molecule has 1 aliphatic heterocycles. The van der Waals surface area contributed by atoms with Gasteiger partial charge < -0.3 is 15.1 Å². The van der Waals surface area contributed by atoms with Crippen LogP contribution < -0.4 is 10.6 Å². The highest BCUT2D eigenvalue weighted by molar-refractivity contribution is 7.89. The van der Waals surface area contributed by atoms with Gasteiger partial charge in [-0.05, 0) is 39.7 Å². The van der Waals surface area contributed by atoms with E-state index in [1.807, 2.05) is 38.1 Å². The van der Waals surface area contributed by atoms with Gasteiger partial charge in [0.25, 0.3) is 0 Å². The number of benzene rings is 1. The number of aryl methyl sites for hydroxylation is 1. The van der Waals surface area contributed by atoms with Crippen molar-refractivity contribution in [3.8, 4) is 0 Å². The first-order chi connectivity index (χ1) is 12.8. The van der Waals surface area contributed by atoms with Crippen LogP contribution in [0.25, 0.3) is 11.0 Å². The zero-order valence-electron chi connectivity index (χ0n) is 16.0. The number of urea groups is 1. The molecule has 1 aromatic carbocycles. The summed E-state index contributed by atoms with van der Waals surface area (Å²) in [6.45, 7) is 6.41. The number of nitrogens with zero attached hydrogens (tertiary/aromatic N) is 1. The minimum atomic E-state index is -3.15. The van der Waals surface area contributed by atoms with Gasteiger partial charge in [0, 0.05) is 30.1 Å². The van der Waals surface area contributed by atoms with E-state index < -0.39 is 10.0 Å². The molecule has 2 amide bonds. The van der Waals surface area contributed by atoms with Gasteiger partial charge in [-0.15, -0.1) is 0 Å². The average Bonchev–Trinajstić information content (AvgIpc) is 2.99. The number of carbonyl (C=O) groups excluding carboxylic acids is 1. The minimum absolute atomic E-state index is 0.0303. The molecule has 0 spiro atoms. The highest BCUT2D eigenvalue weighted by Crippen LogP contribution is 2.29. The quantitative estimate of drug-likeness (QED) is 0.817. The fourth-order valence-corrected chi connectivity index (χ4v) is 4.69. The SMILES string of the molecule is CCS(=O)(=O)N1CCC(NC(=O)NC(C)c2oc3ccccc3c2C)CC1. The molecule has 0 aliphatic carbocycles. The fraction of sp³-hybridized carbons (Fsp3) is 0.526. The van der Waals surface area contributed by atoms with E-state index in [0.717, 1.165) is 22.3 Å². The van der Waals surface area contributed by atoms with Gasteiger partial charge in [0.1, 0.15) is 11.3 Å². The monoisotopic (exact) mass is 393 g/mol. The van der Waals surface area contributed by atoms with E-state index in [1.165, 1.54) is 4.31 Å². The molecule has 0 radical (unpaired) electrons. The van der Waals surface area contributed by atoms with Crippen molar-refractivity contribution in [3.63, 3.8) is 0 Å². The zero-order chi connectivity index (χ0) is 19.6. The van der Waals surface area contributed by atoms with Gasteiger partial charge in [0.05, 0.1) is 11.8 Å². The number of sulfonamides is 1. The van der Waals surface area contributed by atoms with Crippen LogP contribution in [0.2, 0.25) is 0 Å². The van der Waals surface area contributed by atoms with Crippen molar-refractivity contribution in [1.29, 1.82) is 0 Å². The predicted molar refractivity (Wildman–Crippen MR) is 105 cm³/mol. The number of nitrogens with one attached hydrogen (secondary N) is 2. The van der Waals surface area contributed by atoms with Gasteiger partial charge in [0.15, 0.2) is 0 Å². The van der Waals surface area contributed by atoms with Crippen LogP contribution in [-0.2, 0) is 10.0 Å². The van der Waals surface area contributed by atoms with E-state index in [2.05, 4.69) is 10.6 Å². The summed E-state index contributed by atoms with van der Waals surface area (Å²) in [5.74, 6) is 0.857. The second kappa shape index (κ2) is 7.90. The third kappa shape index (κ3) is 4.27. The van der Waals surface area contributed by atoms with Gasteiger partial charge in [-0.2, -0.15) is 0 Å². The van der Waals surface area contributed by atoms with Crippen molar-refractivity contribution in [1.82, 2.24) is 14.9 Å². The molecule has 1 aliphatic rings. The number of hydrogen-bond acceptors (Lipinski definition) is 4. The van der Waals surface area contributed by atoms with Crippen LogP contribution in [0.15, 0.2) is 28.7 Å². The Morgan fingerprint density at radius 3 is 2.59 bits per heavy atom. The van der Waals surface area contributed by atoms with E-state index in [-0.39, 0.29) is 23.9 Å². The number of hydrogen-bond donors (Lipinski definition) is 2. The number of furan rings is 1. The molecule has 27 heavy (non-hydrogen) atoms. The highest BCUT2D eigenvalue weighted by Gasteiger charge is 2.28. The third-order valence-corrected chi connectivity index (χ3v) is 7.05. The van der Waals surface area contributed by atoms with Crippen molar-refractivity contribution in [2.45, 2.75) is 45.7 Å². The lowest BCUT2D eigenvalue weighted by molar-refractivity contribution is 0.223. The highest BCUT2D eigenvalue weighted by atomic mass is 32.2. The molecule has 1 fully saturated rings. The van der Waals surface area contributed by atoms with Crippen molar-refractivity contribution in [2.75, 3.05) is 18.8 Å². The van der Waals surface area contributed by atoms with E-state index in [9.17, 15) is 13.2 Å². The molecular weight excluding hydrogens is 366 g/mol. The maximum absolute atomic E-state index is 12.4. The smallest absolute Gasteiger partial charge is 0.315 e. The second-order valence-corrected chi connectivity index (χ2v) is 9.26. The van der Waals surface area contributed by atoms with Crippen LogP contribution in [0.1, 0.15) is 44.1 Å². The standard InChI is InChI=1S/C19H27N3O4S/c1-4-27(24,25)22-11-9-15(10-12-22)21-19(23)20-14(3)18-13(2)16-7-5-6-8-17(16)26-18/h5-8,14-15H,4,9-12H2,1-3H3,(H2,20,21,23). The Balaban J connectivity index is 1.56. The molecule has 7 nitrogen and oxygen atoms in total. The van der Waals surface area contributed by atoms with Crippen LogP contribution in [0.5, 0.6) is 0 Å². The molecule has 0 saturated carbocycles. The van der Waals surface area contributed by atoms with Crippen LogP contribution >= 0.6 is 0 Å². The Kier molecular flexibility index (Phi) is 5.76. The largest absolute Gasteiger partial charge is 0.459 e. The molecule has 2 aromatic rings. The summed E-state index contributed by atoms with van der Waals surface area (Å²) in [6.07, 6.45) is 1.23. The Morgan fingerprint density at radius 2 is 1.96 bits per heavy atom. The zero-order valence-corrected chi connectivity index (χ0v) is 16.8. The van der Waals surface area contributed by atoms with Gasteiger partial charge in [0.2, 0.25) is 10.0 Å². The number of amides is 2. The first-order valence-corrected chi connectivity index (χ1v) is 11.0. The maximum atomic E-state index is 12.4. The second-order valence-electron chi connectivity index (χ2n) is 7.00. The summed E-state index contributed by atoms with van der Waals surface area (Å²) >= 11 is 0. The summed E-state index contributed by atoms with van der Waals surface area (Å²) in [5.41, 5.74) is 1.83. The van der Waals surface area contributed by atoms with Gasteiger partial charge in [-0.3, -0.25) is 0 Å². The molecule has 8 heteroatoms. The Hall–Kier alpha value is -2.06. The summed E-state index contributed by atoms with van der Waals surface area (Å²) in [5, 5.41) is 6.92. The lowest BCUT2D eigenvalue weighted by Crippen LogP contribution is -2.49. The Bertz CT molecular complexity index is 914. The number of piperidine rings is 1. The van der Waals surface area contributed by atoms with Crippen molar-refractivity contribution < 1.29 is 17.6 Å². The molecule has 148 valence electrons. The van der Waals surface area contributed by atoms with Crippen molar-refractivity contribution in [3.05, 3.63) is 35.6 Å². The summed E-state index contributed by atoms with van der Waals surface area (Å²) in [4.78, 5) is 12.4. The number of para-hydroxylation sites is 1. The average molecular weight is 394 g/mol. The summed E-state index contributed by atoms with van der Waals surface area (Å²) < 4.78 is 31.2. The first kappa shape index (κ1) is 19.7. The Morgan fingerprint density at radius 1 is 1.30 bits per heavy atom. The van der Waals surface area contributed by atoms with Gasteiger partial charge >= 0.3 is 6.03 Å². The lowest BCUT2D eigenvalue weighted by atomic mass is 10.1. The predicted octanol–water partition coefficient (Wildman–Crippen LogP) is 2.92. The van der Waals surface area contributed by atoms with Crippen LogP contribution in [0.3, 0.4) is 0 Å². The summed E-state index contributed by atoms with van der Waals surface area (Å²) in [7, 11) is -3.15. The minimum Gasteiger partial charge on any atom is -0.459 e. The molecule has 2 N–H and O–H groups in total.